The number of nitrogens with zero attached hydrogens (tertiary/aromatic N) is 1. The van der Waals surface area contributed by atoms with Crippen molar-refractivity contribution in [1.29, 1.82) is 0 Å². The quantitative estimate of drug-likeness (QED) is 0.131. The molecule has 0 aromatic heterocycles. The van der Waals surface area contributed by atoms with Crippen LogP contribution in [0.4, 0.5) is 17.1 Å². The summed E-state index contributed by atoms with van der Waals surface area (Å²) in [6, 6.07) is 66.0. The van der Waals surface area contributed by atoms with Crippen LogP contribution in [0, 0.1) is 5.92 Å². The maximum atomic E-state index is 4.24. The Morgan fingerprint density at radius 3 is 1.44 bits per heavy atom. The number of rotatable bonds is 10. The zero-order valence-corrected chi connectivity index (χ0v) is 29.8. The fourth-order valence-corrected chi connectivity index (χ4v) is 7.78. The molecule has 0 amide bonds. The highest BCUT2D eigenvalue weighted by Crippen LogP contribution is 2.42. The van der Waals surface area contributed by atoms with E-state index in [2.05, 4.69) is 193 Å². The van der Waals surface area contributed by atoms with Gasteiger partial charge in [0.05, 0.1) is 5.69 Å². The van der Waals surface area contributed by atoms with E-state index in [0.29, 0.717) is 0 Å². The van der Waals surface area contributed by atoms with Crippen LogP contribution in [0.3, 0.4) is 0 Å². The molecule has 1 aliphatic carbocycles. The molecule has 7 aromatic rings. The van der Waals surface area contributed by atoms with Crippen LogP contribution >= 0.6 is 0 Å². The number of anilines is 3. The zero-order chi connectivity index (χ0) is 35.1. The fraction of sp³-hybridized carbons (Fsp3) is 0.137. The molecular weight excluding hydrogens is 627 g/mol. The van der Waals surface area contributed by atoms with E-state index >= 15 is 0 Å². The van der Waals surface area contributed by atoms with Gasteiger partial charge in [0.2, 0.25) is 0 Å². The Balaban J connectivity index is 1.04. The van der Waals surface area contributed by atoms with E-state index in [0.717, 1.165) is 29.4 Å². The molecule has 0 spiro atoms. The summed E-state index contributed by atoms with van der Waals surface area (Å²) in [7, 11) is 0. The van der Waals surface area contributed by atoms with Gasteiger partial charge in [-0.05, 0) is 119 Å². The molecule has 1 nitrogen and oxygen atoms in total. The SMILES string of the molecule is C=C1CCCC(CCc2ccc(-c3ccc(-c4ccc(N(c5ccc(-c6ccccc6)cc5)c5ccccc5-c5ccccc5)cc4)cc3)cc2)C1. The first-order valence-corrected chi connectivity index (χ1v) is 18.7. The van der Waals surface area contributed by atoms with Crippen molar-refractivity contribution in [3.63, 3.8) is 0 Å². The molecule has 0 N–H and O–H groups in total. The van der Waals surface area contributed by atoms with Crippen LogP contribution in [-0.2, 0) is 6.42 Å². The van der Waals surface area contributed by atoms with Gasteiger partial charge in [-0.15, -0.1) is 0 Å². The van der Waals surface area contributed by atoms with Crippen LogP contribution in [0.15, 0.2) is 194 Å². The minimum atomic E-state index is 0.808. The van der Waals surface area contributed by atoms with E-state index < -0.39 is 0 Å². The standard InChI is InChI=1S/C51H45N/c1-38-11-10-12-40(37-38)20-19-39-21-23-42(24-22-39)43-25-27-44(28-26-43)46-31-35-49(36-32-46)52(48-33-29-45(30-34-48)41-13-4-2-5-14-41)51-18-9-8-17-50(51)47-15-6-3-7-16-47/h2-9,13-18,21-36,40H,1,10-12,19-20,37H2. The Kier molecular flexibility index (Phi) is 9.93. The maximum Gasteiger partial charge on any atom is 0.0540 e. The number of allylic oxidation sites excluding steroid dienone is 1. The Bertz CT molecular complexity index is 2210. The van der Waals surface area contributed by atoms with Gasteiger partial charge in [0.1, 0.15) is 0 Å². The van der Waals surface area contributed by atoms with E-state index in [1.807, 2.05) is 0 Å². The lowest BCUT2D eigenvalue weighted by atomic mass is 9.83. The van der Waals surface area contributed by atoms with Gasteiger partial charge in [0.25, 0.3) is 0 Å². The van der Waals surface area contributed by atoms with Gasteiger partial charge in [0.15, 0.2) is 0 Å². The Hall–Kier alpha value is -5.92. The van der Waals surface area contributed by atoms with Gasteiger partial charge in [-0.3, -0.25) is 0 Å². The van der Waals surface area contributed by atoms with Crippen LogP contribution < -0.4 is 4.90 Å². The molecule has 1 heteroatoms. The highest BCUT2D eigenvalue weighted by atomic mass is 15.1. The molecule has 1 unspecified atom stereocenters. The largest absolute Gasteiger partial charge is 0.310 e. The van der Waals surface area contributed by atoms with Crippen LogP contribution in [0.2, 0.25) is 0 Å². The third-order valence-electron chi connectivity index (χ3n) is 10.7. The topological polar surface area (TPSA) is 3.24 Å². The smallest absolute Gasteiger partial charge is 0.0540 e. The van der Waals surface area contributed by atoms with Crippen molar-refractivity contribution < 1.29 is 0 Å². The fourth-order valence-electron chi connectivity index (χ4n) is 7.78. The van der Waals surface area contributed by atoms with Gasteiger partial charge < -0.3 is 4.90 Å². The minimum absolute atomic E-state index is 0.808. The van der Waals surface area contributed by atoms with Crippen LogP contribution in [-0.4, -0.2) is 0 Å². The van der Waals surface area contributed by atoms with E-state index in [1.54, 1.807) is 0 Å². The number of aryl methyl sites for hydroxylation is 1. The Morgan fingerprint density at radius 2 is 0.904 bits per heavy atom. The zero-order valence-electron chi connectivity index (χ0n) is 29.8. The minimum Gasteiger partial charge on any atom is -0.310 e. The monoisotopic (exact) mass is 671 g/mol. The normalized spacial score (nSPS) is 14.2. The molecule has 0 radical (unpaired) electrons. The van der Waals surface area contributed by atoms with Crippen molar-refractivity contribution in [2.45, 2.75) is 38.5 Å². The molecule has 52 heavy (non-hydrogen) atoms. The van der Waals surface area contributed by atoms with E-state index in [-0.39, 0.29) is 0 Å². The number of hydrogen-bond acceptors (Lipinski definition) is 1. The average Bonchev–Trinajstić information content (AvgIpc) is 3.22. The van der Waals surface area contributed by atoms with Crippen molar-refractivity contribution in [1.82, 2.24) is 0 Å². The summed E-state index contributed by atoms with van der Waals surface area (Å²) >= 11 is 0. The lowest BCUT2D eigenvalue weighted by molar-refractivity contribution is 0.394. The summed E-state index contributed by atoms with van der Waals surface area (Å²) in [5, 5.41) is 0. The molecular formula is C51H45N. The molecule has 7 aromatic carbocycles. The summed E-state index contributed by atoms with van der Waals surface area (Å²) in [4.78, 5) is 2.37. The van der Waals surface area contributed by atoms with Gasteiger partial charge >= 0.3 is 0 Å². The van der Waals surface area contributed by atoms with Crippen molar-refractivity contribution in [2.24, 2.45) is 5.92 Å². The second-order valence-electron chi connectivity index (χ2n) is 14.2. The molecule has 0 bridgehead atoms. The molecule has 1 aliphatic rings. The first-order valence-electron chi connectivity index (χ1n) is 18.7. The van der Waals surface area contributed by atoms with Crippen molar-refractivity contribution in [2.75, 3.05) is 4.90 Å². The molecule has 1 saturated carbocycles. The second kappa shape index (κ2) is 15.5. The second-order valence-corrected chi connectivity index (χ2v) is 14.2. The van der Waals surface area contributed by atoms with Crippen LogP contribution in [0.25, 0.3) is 44.5 Å². The van der Waals surface area contributed by atoms with Gasteiger partial charge in [-0.25, -0.2) is 0 Å². The number of hydrogen-bond donors (Lipinski definition) is 0. The highest BCUT2D eigenvalue weighted by Gasteiger charge is 2.18. The lowest BCUT2D eigenvalue weighted by Crippen LogP contribution is -2.11. The molecule has 1 atom stereocenters. The Labute approximate surface area is 309 Å². The number of para-hydroxylation sites is 1. The summed E-state index contributed by atoms with van der Waals surface area (Å²) < 4.78 is 0. The summed E-state index contributed by atoms with van der Waals surface area (Å²) in [5.41, 5.74) is 16.0. The summed E-state index contributed by atoms with van der Waals surface area (Å²) in [6.45, 7) is 4.24. The summed E-state index contributed by atoms with van der Waals surface area (Å²) in [6.07, 6.45) is 7.54. The molecule has 8 rings (SSSR count). The summed E-state index contributed by atoms with van der Waals surface area (Å²) in [5.74, 6) is 0.808. The predicted molar refractivity (Wildman–Crippen MR) is 222 cm³/mol. The third kappa shape index (κ3) is 7.55. The highest BCUT2D eigenvalue weighted by molar-refractivity contribution is 5.89. The van der Waals surface area contributed by atoms with Gasteiger partial charge in [-0.2, -0.15) is 0 Å². The molecule has 254 valence electrons. The van der Waals surface area contributed by atoms with E-state index in [9.17, 15) is 0 Å². The van der Waals surface area contributed by atoms with Crippen LogP contribution in [0.1, 0.15) is 37.7 Å². The van der Waals surface area contributed by atoms with E-state index in [4.69, 9.17) is 0 Å². The lowest BCUT2D eigenvalue weighted by Gasteiger charge is -2.28. The van der Waals surface area contributed by atoms with Crippen molar-refractivity contribution in [3.05, 3.63) is 200 Å². The van der Waals surface area contributed by atoms with Crippen molar-refractivity contribution in [3.8, 4) is 44.5 Å². The van der Waals surface area contributed by atoms with E-state index in [1.165, 1.54) is 87.7 Å². The first-order chi connectivity index (χ1) is 25.7. The number of benzene rings is 7. The van der Waals surface area contributed by atoms with Crippen molar-refractivity contribution >= 4 is 17.1 Å². The predicted octanol–water partition coefficient (Wildman–Crippen LogP) is 14.5. The van der Waals surface area contributed by atoms with Gasteiger partial charge in [-0.1, -0.05) is 164 Å². The molecule has 0 aliphatic heterocycles. The van der Waals surface area contributed by atoms with Crippen LogP contribution in [0.5, 0.6) is 0 Å². The van der Waals surface area contributed by atoms with Gasteiger partial charge in [0, 0.05) is 16.9 Å². The third-order valence-corrected chi connectivity index (χ3v) is 10.7. The molecule has 1 fully saturated rings. The molecule has 0 heterocycles. The Morgan fingerprint density at radius 1 is 0.462 bits per heavy atom. The average molecular weight is 672 g/mol. The maximum absolute atomic E-state index is 4.24. The first kappa shape index (κ1) is 33.2. The molecule has 0 saturated heterocycles.